The van der Waals surface area contributed by atoms with E-state index in [-0.39, 0.29) is 0 Å². The van der Waals surface area contributed by atoms with Crippen LogP contribution in [-0.2, 0) is 15.2 Å². The van der Waals surface area contributed by atoms with Gasteiger partial charge in [0.25, 0.3) is 0 Å². The molecule has 0 N–H and O–H groups in total. The van der Waals surface area contributed by atoms with Gasteiger partial charge < -0.3 is 0 Å². The van der Waals surface area contributed by atoms with Gasteiger partial charge in [0.2, 0.25) is 0 Å². The first-order valence-electron chi connectivity index (χ1n) is 2.28. The van der Waals surface area contributed by atoms with Crippen molar-refractivity contribution in [2.75, 3.05) is 0 Å². The Kier molecular flexibility index (Phi) is 2.97. The molecule has 0 saturated carbocycles. The summed E-state index contributed by atoms with van der Waals surface area (Å²) in [5.74, 6) is 0. The van der Waals surface area contributed by atoms with Crippen LogP contribution < -0.4 is 4.08 Å². The Bertz CT molecular complexity index is 178. The van der Waals surface area contributed by atoms with Crippen molar-refractivity contribution in [3.05, 3.63) is 24.4 Å². The summed E-state index contributed by atoms with van der Waals surface area (Å²) < 4.78 is 0.890. The van der Waals surface area contributed by atoms with Crippen LogP contribution in [0.5, 0.6) is 0 Å². The average Bonchev–Trinajstić information content (AvgIpc) is 1.90. The van der Waals surface area contributed by atoms with Crippen LogP contribution in [0.3, 0.4) is 0 Å². The Hall–Kier alpha value is 0.418. The quantitative estimate of drug-likeness (QED) is 0.762. The molecule has 9 heavy (non-hydrogen) atoms. The average molecular weight is 333 g/mol. The molecule has 0 spiro atoms. The minimum atomic E-state index is -2.17. The van der Waals surface area contributed by atoms with Crippen LogP contribution in [0.15, 0.2) is 24.4 Å². The third-order valence-electron chi connectivity index (χ3n) is 0.796. The van der Waals surface area contributed by atoms with Crippen LogP contribution in [0.1, 0.15) is 0 Å². The fourth-order valence-corrected chi connectivity index (χ4v) is 3.09. The van der Waals surface area contributed by atoms with E-state index in [9.17, 15) is 0 Å². The molecule has 0 amide bonds. The van der Waals surface area contributed by atoms with Gasteiger partial charge in [-0.3, -0.25) is 0 Å². The van der Waals surface area contributed by atoms with Gasteiger partial charge in [0.15, 0.2) is 0 Å². The Labute approximate surface area is 67.4 Å². The van der Waals surface area contributed by atoms with Crippen LogP contribution in [0.2, 0.25) is 0 Å². The van der Waals surface area contributed by atoms with E-state index in [0.29, 0.717) is 0 Å². The molecule has 4 heteroatoms. The van der Waals surface area contributed by atoms with Crippen LogP contribution in [0, 0.1) is 0 Å². The van der Waals surface area contributed by atoms with Gasteiger partial charge in [-0.2, -0.15) is 0 Å². The summed E-state index contributed by atoms with van der Waals surface area (Å²) in [5, 5.41) is 0. The van der Waals surface area contributed by atoms with Gasteiger partial charge in [-0.25, -0.2) is 0 Å². The minimum absolute atomic E-state index is 0.890. The molecule has 1 rings (SSSR count). The molecule has 0 aliphatic rings. The monoisotopic (exact) mass is 332 g/mol. The maximum atomic E-state index is 5.70. The van der Waals surface area contributed by atoms with Crippen molar-refractivity contribution < 1.29 is 15.2 Å². The molecule has 1 nitrogen and oxygen atoms in total. The van der Waals surface area contributed by atoms with Crippen molar-refractivity contribution in [3.8, 4) is 0 Å². The second-order valence-corrected chi connectivity index (χ2v) is 10.8. The first-order valence-corrected chi connectivity index (χ1v) is 11.0. The number of nitrogens with zero attached hydrogens (tertiary/aromatic N) is 1. The Balaban J connectivity index is 2.85. The zero-order valence-electron chi connectivity index (χ0n) is 4.42. The van der Waals surface area contributed by atoms with E-state index in [2.05, 4.69) is 4.98 Å². The molecule has 0 atom stereocenters. The SMILES string of the molecule is [Cl][W]([Cl])[c]1ccccn1. The molecule has 0 aliphatic heterocycles. The van der Waals surface area contributed by atoms with E-state index >= 15 is 0 Å². The normalized spacial score (nSPS) is 10.1. The molecule has 49 valence electrons. The maximum absolute atomic E-state index is 5.70. The molecular formula is C5H4Cl2NW. The van der Waals surface area contributed by atoms with E-state index in [0.717, 1.165) is 4.08 Å². The molecule has 0 aromatic carbocycles. The molecule has 0 unspecified atom stereocenters. The van der Waals surface area contributed by atoms with Crippen molar-refractivity contribution >= 4 is 22.9 Å². The summed E-state index contributed by atoms with van der Waals surface area (Å²) in [7, 11) is 11.4. The summed E-state index contributed by atoms with van der Waals surface area (Å²) in [6.07, 6.45) is 1.71. The number of pyridine rings is 1. The molecule has 0 bridgehead atoms. The Morgan fingerprint density at radius 1 is 1.33 bits per heavy atom. The molecular weight excluding hydrogens is 329 g/mol. The van der Waals surface area contributed by atoms with Crippen molar-refractivity contribution in [2.45, 2.75) is 0 Å². The second kappa shape index (κ2) is 3.55. The zero-order chi connectivity index (χ0) is 6.69. The van der Waals surface area contributed by atoms with E-state index in [1.165, 1.54) is 0 Å². The predicted octanol–water partition coefficient (Wildman–Crippen LogP) is 1.63. The number of halogens is 2. The Morgan fingerprint density at radius 3 is 2.44 bits per heavy atom. The van der Waals surface area contributed by atoms with Gasteiger partial charge >= 0.3 is 67.5 Å². The molecule has 0 fully saturated rings. The van der Waals surface area contributed by atoms with Gasteiger partial charge in [-0.05, 0) is 0 Å². The van der Waals surface area contributed by atoms with Crippen LogP contribution in [0.4, 0.5) is 0 Å². The Morgan fingerprint density at radius 2 is 2.11 bits per heavy atom. The molecule has 0 saturated heterocycles. The van der Waals surface area contributed by atoms with Crippen molar-refractivity contribution in [1.29, 1.82) is 0 Å². The van der Waals surface area contributed by atoms with E-state index in [1.54, 1.807) is 6.20 Å². The summed E-state index contributed by atoms with van der Waals surface area (Å²) in [6, 6.07) is 5.61. The third-order valence-corrected chi connectivity index (χ3v) is 5.39. The van der Waals surface area contributed by atoms with Crippen LogP contribution >= 0.6 is 18.8 Å². The molecule has 1 heterocycles. The molecule has 0 aliphatic carbocycles. The first-order chi connectivity index (χ1) is 4.30. The van der Waals surface area contributed by atoms with Crippen LogP contribution in [0.25, 0.3) is 0 Å². The third kappa shape index (κ3) is 2.25. The number of rotatable bonds is 1. The van der Waals surface area contributed by atoms with Crippen molar-refractivity contribution in [3.63, 3.8) is 0 Å². The summed E-state index contributed by atoms with van der Waals surface area (Å²) in [6.45, 7) is 0. The fourth-order valence-electron chi connectivity index (χ4n) is 0.438. The zero-order valence-corrected chi connectivity index (χ0v) is 8.87. The second-order valence-electron chi connectivity index (χ2n) is 1.38. The first kappa shape index (κ1) is 7.52. The van der Waals surface area contributed by atoms with Gasteiger partial charge in [-0.15, -0.1) is 0 Å². The molecule has 1 aromatic heterocycles. The summed E-state index contributed by atoms with van der Waals surface area (Å²) >= 11 is -2.17. The topological polar surface area (TPSA) is 12.9 Å². The standard InChI is InChI=1S/C5H4N.2ClH.W/c1-2-4-6-5-3-1;;;/h1-4H;2*1H;/q;;;+2/p-2. The number of aromatic nitrogens is 1. The van der Waals surface area contributed by atoms with Crippen molar-refractivity contribution in [2.24, 2.45) is 0 Å². The van der Waals surface area contributed by atoms with Gasteiger partial charge in [0, 0.05) is 0 Å². The van der Waals surface area contributed by atoms with Crippen LogP contribution in [-0.4, -0.2) is 4.98 Å². The summed E-state index contributed by atoms with van der Waals surface area (Å²) in [5.41, 5.74) is 0. The van der Waals surface area contributed by atoms with Gasteiger partial charge in [-0.1, -0.05) is 0 Å². The molecule has 0 radical (unpaired) electrons. The number of hydrogen-bond donors (Lipinski definition) is 0. The summed E-state index contributed by atoms with van der Waals surface area (Å²) in [4.78, 5) is 4.00. The van der Waals surface area contributed by atoms with Gasteiger partial charge in [0.1, 0.15) is 0 Å². The molecule has 1 aromatic rings. The van der Waals surface area contributed by atoms with E-state index in [1.807, 2.05) is 18.2 Å². The van der Waals surface area contributed by atoms with E-state index in [4.69, 9.17) is 18.8 Å². The van der Waals surface area contributed by atoms with Crippen molar-refractivity contribution in [1.82, 2.24) is 4.98 Å². The van der Waals surface area contributed by atoms with E-state index < -0.39 is 15.2 Å². The fraction of sp³-hybridized carbons (Fsp3) is 0. The number of hydrogen-bond acceptors (Lipinski definition) is 1. The predicted molar refractivity (Wildman–Crippen MR) is 35.6 cm³/mol. The van der Waals surface area contributed by atoms with Gasteiger partial charge in [0.05, 0.1) is 0 Å².